The number of halogens is 2. The molecule has 2 aromatic carbocycles. The van der Waals surface area contributed by atoms with Gasteiger partial charge < -0.3 is 0 Å². The molecule has 0 aliphatic rings. The first-order chi connectivity index (χ1) is 7.74. The topological polar surface area (TPSA) is 0 Å². The standard InChI is InChI=1S/C12H8F2S2/c13-9-1-5-11(6-2-9)15-16-12-7-3-10(14)4-8-12/h1-8H/q+1. The summed E-state index contributed by atoms with van der Waals surface area (Å²) in [5, 5.41) is 0. The summed E-state index contributed by atoms with van der Waals surface area (Å²) in [6.45, 7) is 0. The van der Waals surface area contributed by atoms with E-state index in [4.69, 9.17) is 0 Å². The summed E-state index contributed by atoms with van der Waals surface area (Å²) in [4.78, 5) is 1.94. The van der Waals surface area contributed by atoms with Crippen molar-refractivity contribution in [2.75, 3.05) is 0 Å². The second-order valence-electron chi connectivity index (χ2n) is 3.07. The maximum absolute atomic E-state index is 12.6. The Morgan fingerprint density at radius 3 is 1.81 bits per heavy atom. The monoisotopic (exact) mass is 254 g/mol. The third kappa shape index (κ3) is 3.25. The molecule has 2 rings (SSSR count). The first-order valence-corrected chi connectivity index (χ1v) is 6.75. The lowest BCUT2D eigenvalue weighted by atomic mass is 10.4. The van der Waals surface area contributed by atoms with Crippen LogP contribution in [0.25, 0.3) is 0 Å². The maximum Gasteiger partial charge on any atom is 0.330 e. The van der Waals surface area contributed by atoms with E-state index in [1.165, 1.54) is 45.9 Å². The minimum Gasteiger partial charge on any atom is -0.207 e. The lowest BCUT2D eigenvalue weighted by molar-refractivity contribution is 0.626. The summed E-state index contributed by atoms with van der Waals surface area (Å²) in [6.07, 6.45) is 0. The van der Waals surface area contributed by atoms with Gasteiger partial charge in [-0.15, -0.1) is 0 Å². The van der Waals surface area contributed by atoms with Gasteiger partial charge in [0.1, 0.15) is 11.6 Å². The molecule has 1 radical (unpaired) electrons. The van der Waals surface area contributed by atoms with Crippen LogP contribution in [0.15, 0.2) is 58.3 Å². The van der Waals surface area contributed by atoms with E-state index in [1.807, 2.05) is 0 Å². The largest absolute Gasteiger partial charge is 0.330 e. The van der Waals surface area contributed by atoms with Crippen LogP contribution in [0.2, 0.25) is 0 Å². The maximum atomic E-state index is 12.6. The third-order valence-corrected chi connectivity index (χ3v) is 4.28. The van der Waals surface area contributed by atoms with Crippen molar-refractivity contribution in [3.8, 4) is 0 Å². The summed E-state index contributed by atoms with van der Waals surface area (Å²) in [6, 6.07) is 12.6. The molecule has 0 saturated heterocycles. The summed E-state index contributed by atoms with van der Waals surface area (Å²) < 4.78 is 25.3. The molecule has 0 nitrogen and oxygen atoms in total. The van der Waals surface area contributed by atoms with Crippen LogP contribution in [0.1, 0.15) is 0 Å². The van der Waals surface area contributed by atoms with Gasteiger partial charge in [0.15, 0.2) is 10.8 Å². The Morgan fingerprint density at radius 2 is 1.25 bits per heavy atom. The molecule has 0 bridgehead atoms. The van der Waals surface area contributed by atoms with Crippen molar-refractivity contribution in [2.24, 2.45) is 0 Å². The first kappa shape index (κ1) is 11.5. The molecule has 0 heterocycles. The fourth-order valence-corrected chi connectivity index (χ4v) is 3.01. The van der Waals surface area contributed by atoms with Crippen LogP contribution in [-0.4, -0.2) is 0 Å². The molecule has 0 aromatic heterocycles. The fourth-order valence-electron chi connectivity index (χ4n) is 1.08. The van der Waals surface area contributed by atoms with Gasteiger partial charge in [-0.2, -0.15) is 0 Å². The SMILES string of the molecule is Fc1ccc(S[S+]c2ccc(F)cc2)cc1. The zero-order valence-electron chi connectivity index (χ0n) is 8.19. The van der Waals surface area contributed by atoms with Gasteiger partial charge in [-0.25, -0.2) is 8.78 Å². The predicted octanol–water partition coefficient (Wildman–Crippen LogP) is 4.11. The van der Waals surface area contributed by atoms with Gasteiger partial charge in [0.2, 0.25) is 4.90 Å². The van der Waals surface area contributed by atoms with Gasteiger partial charge in [-0.3, -0.25) is 0 Å². The third-order valence-electron chi connectivity index (χ3n) is 1.86. The van der Waals surface area contributed by atoms with Crippen LogP contribution in [-0.2, 0) is 10.8 Å². The zero-order chi connectivity index (χ0) is 11.4. The molecule has 0 fully saturated rings. The van der Waals surface area contributed by atoms with Crippen LogP contribution in [0.3, 0.4) is 0 Å². The molecule has 0 aliphatic carbocycles. The van der Waals surface area contributed by atoms with Crippen molar-refractivity contribution in [1.29, 1.82) is 0 Å². The Bertz CT molecular complexity index is 406. The molecule has 0 spiro atoms. The van der Waals surface area contributed by atoms with Crippen molar-refractivity contribution in [2.45, 2.75) is 9.79 Å². The summed E-state index contributed by atoms with van der Waals surface area (Å²) in [5.41, 5.74) is 0. The first-order valence-electron chi connectivity index (χ1n) is 4.60. The lowest BCUT2D eigenvalue weighted by Crippen LogP contribution is -1.80. The smallest absolute Gasteiger partial charge is 0.207 e. The van der Waals surface area contributed by atoms with E-state index < -0.39 is 0 Å². The van der Waals surface area contributed by atoms with E-state index in [2.05, 4.69) is 0 Å². The molecule has 2 aromatic rings. The minimum atomic E-state index is -0.240. The zero-order valence-corrected chi connectivity index (χ0v) is 9.82. The molecular formula is C12H8F2S2+. The Morgan fingerprint density at radius 1 is 0.750 bits per heavy atom. The van der Waals surface area contributed by atoms with Gasteiger partial charge in [0, 0.05) is 12.1 Å². The Kier molecular flexibility index (Phi) is 3.85. The summed E-state index contributed by atoms with van der Waals surface area (Å²) in [7, 11) is 3.03. The Hall–Kier alpha value is -1.00. The molecule has 81 valence electrons. The highest BCUT2D eigenvalue weighted by molar-refractivity contribution is 8.66. The molecule has 0 unspecified atom stereocenters. The average molecular weight is 254 g/mol. The highest BCUT2D eigenvalue weighted by atomic mass is 33.1. The highest BCUT2D eigenvalue weighted by Gasteiger charge is 2.14. The van der Waals surface area contributed by atoms with Crippen LogP contribution < -0.4 is 0 Å². The molecular weight excluding hydrogens is 246 g/mol. The van der Waals surface area contributed by atoms with Gasteiger partial charge in [0.25, 0.3) is 0 Å². The van der Waals surface area contributed by atoms with Crippen LogP contribution in [0, 0.1) is 11.6 Å². The minimum absolute atomic E-state index is 0.240. The summed E-state index contributed by atoms with van der Waals surface area (Å²) >= 11 is 0. The molecule has 0 amide bonds. The fraction of sp³-hybridized carbons (Fsp3) is 0. The number of rotatable bonds is 3. The van der Waals surface area contributed by atoms with Gasteiger partial charge in [0.05, 0.1) is 4.90 Å². The molecule has 0 aliphatic heterocycles. The Labute approximate surface area is 100 Å². The highest BCUT2D eigenvalue weighted by Crippen LogP contribution is 2.24. The number of hydrogen-bond donors (Lipinski definition) is 0. The van der Waals surface area contributed by atoms with Crippen molar-refractivity contribution in [3.63, 3.8) is 0 Å². The van der Waals surface area contributed by atoms with Crippen LogP contribution in [0.4, 0.5) is 8.78 Å². The second-order valence-corrected chi connectivity index (χ2v) is 5.35. The van der Waals surface area contributed by atoms with Crippen molar-refractivity contribution in [1.82, 2.24) is 0 Å². The van der Waals surface area contributed by atoms with Crippen molar-refractivity contribution in [3.05, 3.63) is 60.2 Å². The summed E-state index contributed by atoms with van der Waals surface area (Å²) in [5.74, 6) is -0.479. The van der Waals surface area contributed by atoms with Crippen molar-refractivity contribution >= 4 is 21.6 Å². The average Bonchev–Trinajstić information content (AvgIpc) is 2.30. The number of hydrogen-bond acceptors (Lipinski definition) is 2. The van der Waals surface area contributed by atoms with E-state index in [0.717, 1.165) is 9.79 Å². The Balaban J connectivity index is 1.97. The molecule has 0 N–H and O–H groups in total. The van der Waals surface area contributed by atoms with E-state index in [9.17, 15) is 8.78 Å². The molecule has 4 heteroatoms. The predicted molar refractivity (Wildman–Crippen MR) is 64.3 cm³/mol. The molecule has 0 atom stereocenters. The molecule has 16 heavy (non-hydrogen) atoms. The quantitative estimate of drug-likeness (QED) is 0.597. The second kappa shape index (κ2) is 5.37. The van der Waals surface area contributed by atoms with Crippen LogP contribution >= 0.6 is 10.8 Å². The van der Waals surface area contributed by atoms with Crippen molar-refractivity contribution < 1.29 is 8.78 Å². The number of benzene rings is 2. The van der Waals surface area contributed by atoms with E-state index in [1.54, 1.807) is 24.3 Å². The van der Waals surface area contributed by atoms with Gasteiger partial charge in [-0.05, 0) is 36.4 Å². The normalized spacial score (nSPS) is 10.4. The van der Waals surface area contributed by atoms with Gasteiger partial charge >= 0.3 is 10.8 Å². The van der Waals surface area contributed by atoms with E-state index in [-0.39, 0.29) is 11.6 Å². The van der Waals surface area contributed by atoms with Crippen LogP contribution in [0.5, 0.6) is 0 Å². The van der Waals surface area contributed by atoms with Gasteiger partial charge in [-0.1, -0.05) is 0 Å². The van der Waals surface area contributed by atoms with E-state index in [0.29, 0.717) is 0 Å². The van der Waals surface area contributed by atoms with E-state index >= 15 is 0 Å². The molecule has 0 saturated carbocycles. The lowest BCUT2D eigenvalue weighted by Gasteiger charge is -1.89.